The minimum absolute atomic E-state index is 0.454. The first-order valence-electron chi connectivity index (χ1n) is 7.23. The van der Waals surface area contributed by atoms with Crippen LogP contribution in [0.15, 0.2) is 54.6 Å². The van der Waals surface area contributed by atoms with Crippen molar-refractivity contribution in [3.8, 4) is 11.5 Å². The van der Waals surface area contributed by atoms with Crippen molar-refractivity contribution in [2.24, 2.45) is 5.92 Å². The van der Waals surface area contributed by atoms with Gasteiger partial charge < -0.3 is 9.84 Å². The molecule has 0 bridgehead atoms. The highest BCUT2D eigenvalue weighted by molar-refractivity contribution is 8.00. The van der Waals surface area contributed by atoms with Gasteiger partial charge in [-0.15, -0.1) is 11.8 Å². The molecule has 0 aliphatic carbocycles. The van der Waals surface area contributed by atoms with E-state index < -0.39 is 11.2 Å². The quantitative estimate of drug-likeness (QED) is 0.781. The van der Waals surface area contributed by atoms with Crippen LogP contribution in [-0.2, 0) is 4.79 Å². The normalized spacial score (nSPS) is 12.1. The molecule has 1 unspecified atom stereocenters. The summed E-state index contributed by atoms with van der Waals surface area (Å²) in [5, 5.41) is 8.89. The molecule has 0 saturated carbocycles. The van der Waals surface area contributed by atoms with Gasteiger partial charge in [0.25, 0.3) is 0 Å². The maximum absolute atomic E-state index is 11.5. The van der Waals surface area contributed by atoms with Crippen LogP contribution >= 0.6 is 11.8 Å². The number of carbonyl (C=O) groups is 1. The molecule has 3 nitrogen and oxygen atoms in total. The fourth-order valence-electron chi connectivity index (χ4n) is 1.96. The second-order valence-electron chi connectivity index (χ2n) is 5.43. The van der Waals surface area contributed by atoms with E-state index in [1.165, 1.54) is 11.8 Å². The van der Waals surface area contributed by atoms with E-state index in [2.05, 4.69) is 13.8 Å². The van der Waals surface area contributed by atoms with E-state index >= 15 is 0 Å². The summed E-state index contributed by atoms with van der Waals surface area (Å²) >= 11 is 1.45. The van der Waals surface area contributed by atoms with Crippen LogP contribution in [0.2, 0.25) is 0 Å². The van der Waals surface area contributed by atoms with Gasteiger partial charge in [0.15, 0.2) is 0 Å². The summed E-state index contributed by atoms with van der Waals surface area (Å²) in [6, 6.07) is 16.8. The number of rotatable bonds is 7. The van der Waals surface area contributed by atoms with Crippen molar-refractivity contribution in [2.75, 3.05) is 5.75 Å². The van der Waals surface area contributed by atoms with Crippen molar-refractivity contribution in [3.05, 3.63) is 60.2 Å². The van der Waals surface area contributed by atoms with Crippen molar-refractivity contribution >= 4 is 17.7 Å². The maximum Gasteiger partial charge on any atom is 0.321 e. The number of benzene rings is 2. The van der Waals surface area contributed by atoms with Crippen LogP contribution in [0.5, 0.6) is 11.5 Å². The molecule has 116 valence electrons. The topological polar surface area (TPSA) is 46.5 Å². The van der Waals surface area contributed by atoms with E-state index in [0.717, 1.165) is 17.1 Å². The molecule has 22 heavy (non-hydrogen) atoms. The summed E-state index contributed by atoms with van der Waals surface area (Å²) in [7, 11) is 0. The van der Waals surface area contributed by atoms with E-state index in [9.17, 15) is 9.90 Å². The Hall–Kier alpha value is -1.94. The zero-order valence-electron chi connectivity index (χ0n) is 12.7. The van der Waals surface area contributed by atoms with Crippen LogP contribution in [0.1, 0.15) is 24.7 Å². The molecule has 4 heteroatoms. The Morgan fingerprint density at radius 3 is 2.41 bits per heavy atom. The monoisotopic (exact) mass is 316 g/mol. The van der Waals surface area contributed by atoms with E-state index in [1.54, 1.807) is 6.07 Å². The second kappa shape index (κ2) is 7.90. The van der Waals surface area contributed by atoms with Gasteiger partial charge in [-0.25, -0.2) is 0 Å². The molecule has 0 amide bonds. The molecule has 0 radical (unpaired) electrons. The molecule has 1 atom stereocenters. The molecule has 2 aromatic carbocycles. The number of carboxylic acid groups (broad SMARTS) is 1. The van der Waals surface area contributed by atoms with Crippen LogP contribution in [0, 0.1) is 5.92 Å². The third kappa shape index (κ3) is 4.81. The number of thioether (sulfide) groups is 1. The zero-order valence-corrected chi connectivity index (χ0v) is 13.5. The summed E-state index contributed by atoms with van der Waals surface area (Å²) in [5.41, 5.74) is 0.756. The van der Waals surface area contributed by atoms with Gasteiger partial charge in [-0.05, 0) is 41.5 Å². The van der Waals surface area contributed by atoms with Gasteiger partial charge >= 0.3 is 5.97 Å². The first-order valence-corrected chi connectivity index (χ1v) is 8.28. The lowest BCUT2D eigenvalue weighted by molar-refractivity contribution is -0.136. The number of hydrogen-bond acceptors (Lipinski definition) is 3. The van der Waals surface area contributed by atoms with Gasteiger partial charge in [0.2, 0.25) is 0 Å². The fourth-order valence-corrected chi connectivity index (χ4v) is 3.02. The molecule has 0 heterocycles. The first-order chi connectivity index (χ1) is 10.6. The zero-order chi connectivity index (χ0) is 15.9. The van der Waals surface area contributed by atoms with E-state index in [1.807, 2.05) is 48.5 Å². The van der Waals surface area contributed by atoms with E-state index in [-0.39, 0.29) is 0 Å². The molecular weight excluding hydrogens is 296 g/mol. The average molecular weight is 316 g/mol. The number of aliphatic carboxylic acids is 1. The van der Waals surface area contributed by atoms with Gasteiger partial charge in [0.1, 0.15) is 16.7 Å². The Bertz CT molecular complexity index is 611. The van der Waals surface area contributed by atoms with E-state index in [0.29, 0.717) is 11.7 Å². The van der Waals surface area contributed by atoms with Crippen LogP contribution in [0.3, 0.4) is 0 Å². The van der Waals surface area contributed by atoms with Crippen molar-refractivity contribution < 1.29 is 14.6 Å². The molecule has 0 saturated heterocycles. The molecule has 0 spiro atoms. The van der Waals surface area contributed by atoms with Crippen molar-refractivity contribution in [2.45, 2.75) is 19.1 Å². The lowest BCUT2D eigenvalue weighted by atomic mass is 10.1. The minimum atomic E-state index is -0.817. The summed E-state index contributed by atoms with van der Waals surface area (Å²) in [5.74, 6) is 1.83. The van der Waals surface area contributed by atoms with Gasteiger partial charge in [-0.2, -0.15) is 0 Å². The Kier molecular flexibility index (Phi) is 5.90. The lowest BCUT2D eigenvalue weighted by Gasteiger charge is -2.15. The number of ether oxygens (including phenoxy) is 1. The average Bonchev–Trinajstić information content (AvgIpc) is 2.48. The Labute approximate surface area is 135 Å². The lowest BCUT2D eigenvalue weighted by Crippen LogP contribution is -2.10. The van der Waals surface area contributed by atoms with Crippen molar-refractivity contribution in [1.29, 1.82) is 0 Å². The largest absolute Gasteiger partial charge is 0.480 e. The van der Waals surface area contributed by atoms with Crippen LogP contribution in [-0.4, -0.2) is 16.8 Å². The van der Waals surface area contributed by atoms with Crippen LogP contribution in [0.25, 0.3) is 0 Å². The summed E-state index contributed by atoms with van der Waals surface area (Å²) in [6.07, 6.45) is 0. The molecule has 0 aliphatic heterocycles. The third-order valence-corrected chi connectivity index (χ3v) is 4.63. The highest BCUT2D eigenvalue weighted by Gasteiger charge is 2.21. The summed E-state index contributed by atoms with van der Waals surface area (Å²) < 4.78 is 5.77. The molecule has 0 aliphatic rings. The summed E-state index contributed by atoms with van der Waals surface area (Å²) in [4.78, 5) is 11.5. The molecule has 0 aromatic heterocycles. The highest BCUT2D eigenvalue weighted by Crippen LogP contribution is 2.33. The van der Waals surface area contributed by atoms with Gasteiger partial charge in [0, 0.05) is 0 Å². The Balaban J connectivity index is 2.16. The summed E-state index contributed by atoms with van der Waals surface area (Å²) in [6.45, 7) is 4.17. The molecule has 2 aromatic rings. The van der Waals surface area contributed by atoms with Gasteiger partial charge in [-0.1, -0.05) is 44.2 Å². The van der Waals surface area contributed by atoms with Crippen molar-refractivity contribution in [3.63, 3.8) is 0 Å². The maximum atomic E-state index is 11.5. The molecular formula is C18H20O3S. The van der Waals surface area contributed by atoms with Gasteiger partial charge in [0.05, 0.1) is 0 Å². The standard InChI is InChI=1S/C18H20O3S/c1-13(2)12-22-17(18(19)20)14-7-6-10-16(11-14)21-15-8-4-3-5-9-15/h3-11,13,17H,12H2,1-2H3,(H,19,20). The predicted molar refractivity (Wildman–Crippen MR) is 90.6 cm³/mol. The minimum Gasteiger partial charge on any atom is -0.480 e. The fraction of sp³-hybridized carbons (Fsp3) is 0.278. The second-order valence-corrected chi connectivity index (χ2v) is 6.57. The predicted octanol–water partition coefficient (Wildman–Crippen LogP) is 4.99. The number of hydrogen-bond donors (Lipinski definition) is 1. The van der Waals surface area contributed by atoms with Crippen molar-refractivity contribution in [1.82, 2.24) is 0 Å². The third-order valence-electron chi connectivity index (χ3n) is 2.96. The molecule has 1 N–H and O–H groups in total. The first kappa shape index (κ1) is 16.4. The molecule has 0 fully saturated rings. The van der Waals surface area contributed by atoms with E-state index in [4.69, 9.17) is 4.74 Å². The number of carboxylic acids is 1. The van der Waals surface area contributed by atoms with Gasteiger partial charge in [-0.3, -0.25) is 4.79 Å². The van der Waals surface area contributed by atoms with Crippen LogP contribution < -0.4 is 4.74 Å². The highest BCUT2D eigenvalue weighted by atomic mass is 32.2. The Morgan fingerprint density at radius 2 is 1.77 bits per heavy atom. The number of para-hydroxylation sites is 1. The smallest absolute Gasteiger partial charge is 0.321 e. The SMILES string of the molecule is CC(C)CSC(C(=O)O)c1cccc(Oc2ccccc2)c1. The Morgan fingerprint density at radius 1 is 1.09 bits per heavy atom. The molecule has 2 rings (SSSR count). The van der Waals surface area contributed by atoms with Crippen LogP contribution in [0.4, 0.5) is 0 Å².